The number of hydrogen-bond donors (Lipinski definition) is 1. The maximum atomic E-state index is 13.5. The zero-order chi connectivity index (χ0) is 15.6. The molecule has 2 aromatic rings. The smallest absolute Gasteiger partial charge is 0.257 e. The lowest BCUT2D eigenvalue weighted by Gasteiger charge is -2.09. The highest BCUT2D eigenvalue weighted by Gasteiger charge is 2.17. The first-order valence-corrected chi connectivity index (χ1v) is 7.32. The van der Waals surface area contributed by atoms with Crippen molar-refractivity contribution in [2.45, 2.75) is 4.90 Å². The number of benzene rings is 2. The monoisotopic (exact) mass is 331 g/mol. The van der Waals surface area contributed by atoms with E-state index in [9.17, 15) is 18.0 Å². The SMILES string of the molecule is CSc1ccc(Cl)c(C(=O)Nc2ccc(F)c(F)c2F)c1. The minimum absolute atomic E-state index is 0.118. The summed E-state index contributed by atoms with van der Waals surface area (Å²) in [5, 5.41) is 2.35. The van der Waals surface area contributed by atoms with Crippen LogP contribution in [0.15, 0.2) is 35.2 Å². The Labute approximate surface area is 128 Å². The van der Waals surface area contributed by atoms with E-state index in [0.29, 0.717) is 0 Å². The van der Waals surface area contributed by atoms with E-state index in [4.69, 9.17) is 11.6 Å². The number of nitrogens with one attached hydrogen (secondary N) is 1. The summed E-state index contributed by atoms with van der Waals surface area (Å²) in [6.07, 6.45) is 1.82. The van der Waals surface area contributed by atoms with Gasteiger partial charge in [0, 0.05) is 4.90 Å². The van der Waals surface area contributed by atoms with E-state index in [1.807, 2.05) is 6.26 Å². The first-order valence-electron chi connectivity index (χ1n) is 5.72. The van der Waals surface area contributed by atoms with Gasteiger partial charge in [0.25, 0.3) is 5.91 Å². The molecule has 0 heterocycles. The van der Waals surface area contributed by atoms with Gasteiger partial charge in [-0.3, -0.25) is 4.79 Å². The Morgan fingerprint density at radius 3 is 2.52 bits per heavy atom. The predicted octanol–water partition coefficient (Wildman–Crippen LogP) is 4.73. The van der Waals surface area contributed by atoms with Crippen molar-refractivity contribution in [3.63, 3.8) is 0 Å². The molecule has 2 nitrogen and oxygen atoms in total. The molecule has 0 aromatic heterocycles. The number of hydrogen-bond acceptors (Lipinski definition) is 2. The lowest BCUT2D eigenvalue weighted by molar-refractivity contribution is 0.102. The Balaban J connectivity index is 2.32. The molecule has 1 N–H and O–H groups in total. The second-order valence-corrected chi connectivity index (χ2v) is 5.31. The molecule has 0 bridgehead atoms. The van der Waals surface area contributed by atoms with Gasteiger partial charge in [0.15, 0.2) is 17.5 Å². The van der Waals surface area contributed by atoms with Gasteiger partial charge in [0.2, 0.25) is 0 Å². The summed E-state index contributed by atoms with van der Waals surface area (Å²) < 4.78 is 39.5. The quantitative estimate of drug-likeness (QED) is 0.650. The van der Waals surface area contributed by atoms with Gasteiger partial charge >= 0.3 is 0 Å². The van der Waals surface area contributed by atoms with Crippen LogP contribution in [0.5, 0.6) is 0 Å². The minimum atomic E-state index is -1.64. The first-order chi connectivity index (χ1) is 9.93. The van der Waals surface area contributed by atoms with Gasteiger partial charge < -0.3 is 5.32 Å². The maximum Gasteiger partial charge on any atom is 0.257 e. The van der Waals surface area contributed by atoms with Gasteiger partial charge in [-0.25, -0.2) is 13.2 Å². The third-order valence-electron chi connectivity index (χ3n) is 2.70. The molecular weight excluding hydrogens is 323 g/mol. The fourth-order valence-corrected chi connectivity index (χ4v) is 2.26. The van der Waals surface area contributed by atoms with Gasteiger partial charge in [-0.15, -0.1) is 11.8 Å². The van der Waals surface area contributed by atoms with E-state index in [-0.39, 0.29) is 10.6 Å². The van der Waals surface area contributed by atoms with Crippen LogP contribution in [-0.4, -0.2) is 12.2 Å². The summed E-state index contributed by atoms with van der Waals surface area (Å²) in [5.74, 6) is -5.13. The molecule has 2 rings (SSSR count). The summed E-state index contributed by atoms with van der Waals surface area (Å²) in [6, 6.07) is 6.46. The molecule has 0 aliphatic heterocycles. The van der Waals surface area contributed by atoms with Gasteiger partial charge in [-0.1, -0.05) is 11.6 Å². The number of halogens is 4. The molecule has 7 heteroatoms. The van der Waals surface area contributed by atoms with E-state index in [1.165, 1.54) is 23.9 Å². The highest BCUT2D eigenvalue weighted by Crippen LogP contribution is 2.25. The molecule has 0 atom stereocenters. The van der Waals surface area contributed by atoms with Gasteiger partial charge in [0.1, 0.15) is 0 Å². The zero-order valence-corrected chi connectivity index (χ0v) is 12.3. The van der Waals surface area contributed by atoms with Crippen LogP contribution < -0.4 is 5.32 Å². The van der Waals surface area contributed by atoms with Crippen molar-refractivity contribution in [2.24, 2.45) is 0 Å². The average molecular weight is 332 g/mol. The molecule has 0 unspecified atom stereocenters. The number of carbonyl (C=O) groups is 1. The standard InChI is InChI=1S/C14H9ClF3NOS/c1-21-7-2-3-9(15)8(6-7)14(20)19-11-5-4-10(16)12(17)13(11)18/h2-6H,1H3,(H,19,20). The van der Waals surface area contributed by atoms with E-state index in [0.717, 1.165) is 17.0 Å². The van der Waals surface area contributed by atoms with Crippen molar-refractivity contribution in [2.75, 3.05) is 11.6 Å². The predicted molar refractivity (Wildman–Crippen MR) is 77.5 cm³/mol. The van der Waals surface area contributed by atoms with Crippen LogP contribution in [-0.2, 0) is 0 Å². The lowest BCUT2D eigenvalue weighted by Crippen LogP contribution is -2.14. The highest BCUT2D eigenvalue weighted by atomic mass is 35.5. The van der Waals surface area contributed by atoms with E-state index < -0.39 is 29.0 Å². The average Bonchev–Trinajstić information content (AvgIpc) is 2.48. The Kier molecular flexibility index (Phi) is 4.80. The van der Waals surface area contributed by atoms with Crippen LogP contribution in [0, 0.1) is 17.5 Å². The third kappa shape index (κ3) is 3.33. The van der Waals surface area contributed by atoms with E-state index in [2.05, 4.69) is 5.32 Å². The Hall–Kier alpha value is -1.66. The molecule has 21 heavy (non-hydrogen) atoms. The molecule has 110 valence electrons. The van der Waals surface area contributed by atoms with Crippen molar-refractivity contribution < 1.29 is 18.0 Å². The van der Waals surface area contributed by atoms with Crippen LogP contribution in [0.25, 0.3) is 0 Å². The summed E-state index contributed by atoms with van der Waals surface area (Å²) in [6.45, 7) is 0. The Bertz CT molecular complexity index is 709. The lowest BCUT2D eigenvalue weighted by atomic mass is 10.2. The van der Waals surface area contributed by atoms with Gasteiger partial charge in [0.05, 0.1) is 16.3 Å². The van der Waals surface area contributed by atoms with Gasteiger partial charge in [-0.05, 0) is 36.6 Å². The summed E-state index contributed by atoms with van der Waals surface area (Å²) in [7, 11) is 0. The molecule has 0 aliphatic rings. The van der Waals surface area contributed by atoms with Crippen molar-refractivity contribution in [1.82, 2.24) is 0 Å². The summed E-state index contributed by atoms with van der Waals surface area (Å²) in [4.78, 5) is 12.9. The van der Waals surface area contributed by atoms with E-state index >= 15 is 0 Å². The fourth-order valence-electron chi connectivity index (χ4n) is 1.62. The zero-order valence-electron chi connectivity index (χ0n) is 10.7. The number of rotatable bonds is 3. The van der Waals surface area contributed by atoms with Crippen LogP contribution in [0.3, 0.4) is 0 Å². The molecule has 1 amide bonds. The van der Waals surface area contributed by atoms with E-state index in [1.54, 1.807) is 6.07 Å². The molecule has 0 aliphatic carbocycles. The molecule has 0 saturated carbocycles. The van der Waals surface area contributed by atoms with Crippen LogP contribution in [0.2, 0.25) is 5.02 Å². The maximum absolute atomic E-state index is 13.5. The number of thioether (sulfide) groups is 1. The topological polar surface area (TPSA) is 29.1 Å². The van der Waals surface area contributed by atoms with Crippen molar-refractivity contribution in [3.05, 3.63) is 58.4 Å². The minimum Gasteiger partial charge on any atom is -0.319 e. The first kappa shape index (κ1) is 15.7. The van der Waals surface area contributed by atoms with Crippen LogP contribution >= 0.6 is 23.4 Å². The fraction of sp³-hybridized carbons (Fsp3) is 0.0714. The number of anilines is 1. The Morgan fingerprint density at radius 1 is 1.14 bits per heavy atom. The second kappa shape index (κ2) is 6.41. The Morgan fingerprint density at radius 2 is 1.86 bits per heavy atom. The molecule has 0 saturated heterocycles. The molecule has 0 fully saturated rings. The van der Waals surface area contributed by atoms with Crippen molar-refractivity contribution >= 4 is 35.0 Å². The number of carbonyl (C=O) groups excluding carboxylic acids is 1. The largest absolute Gasteiger partial charge is 0.319 e. The molecule has 2 aromatic carbocycles. The molecule has 0 spiro atoms. The highest BCUT2D eigenvalue weighted by molar-refractivity contribution is 7.98. The van der Waals surface area contributed by atoms with Crippen LogP contribution in [0.4, 0.5) is 18.9 Å². The second-order valence-electron chi connectivity index (χ2n) is 4.02. The van der Waals surface area contributed by atoms with Crippen molar-refractivity contribution in [1.29, 1.82) is 0 Å². The van der Waals surface area contributed by atoms with Gasteiger partial charge in [-0.2, -0.15) is 0 Å². The summed E-state index contributed by atoms with van der Waals surface area (Å²) in [5.41, 5.74) is -0.336. The number of amides is 1. The molecular formula is C14H9ClF3NOS. The normalized spacial score (nSPS) is 10.5. The van der Waals surface area contributed by atoms with Crippen molar-refractivity contribution in [3.8, 4) is 0 Å². The third-order valence-corrected chi connectivity index (χ3v) is 3.76. The summed E-state index contributed by atoms with van der Waals surface area (Å²) >= 11 is 7.31. The van der Waals surface area contributed by atoms with Crippen LogP contribution in [0.1, 0.15) is 10.4 Å². The molecule has 0 radical (unpaired) electrons.